The Hall–Kier alpha value is -2.81. The van der Waals surface area contributed by atoms with E-state index in [0.717, 1.165) is 44.9 Å². The van der Waals surface area contributed by atoms with E-state index in [1.165, 1.54) is 156 Å². The topological polar surface area (TPSA) is 237 Å². The summed E-state index contributed by atoms with van der Waals surface area (Å²) in [4.78, 5) is 43.2. The normalized spacial score (nSPS) is 11.7. The number of carbonyl (C=O) groups is 2. The molecule has 0 bridgehead atoms. The van der Waals surface area contributed by atoms with Gasteiger partial charge >= 0.3 is 5.95 Å². The van der Waals surface area contributed by atoms with Gasteiger partial charge in [-0.05, 0) is 12.8 Å². The van der Waals surface area contributed by atoms with Crippen LogP contribution < -0.4 is 24.9 Å². The summed E-state index contributed by atoms with van der Waals surface area (Å²) in [6.07, 6.45) is 37.3. The molecule has 0 aliphatic heterocycles. The molecular weight excluding hydrogens is 871 g/mol. The lowest BCUT2D eigenvalue weighted by Crippen LogP contribution is -2.58. The van der Waals surface area contributed by atoms with Gasteiger partial charge in [-0.2, -0.15) is 9.47 Å². The molecule has 0 aromatic carbocycles. The summed E-state index contributed by atoms with van der Waals surface area (Å²) in [5.74, 6) is -0.888. The van der Waals surface area contributed by atoms with E-state index in [9.17, 15) is 40.2 Å². The lowest BCUT2D eigenvalue weighted by atomic mass is 10.0. The van der Waals surface area contributed by atoms with E-state index >= 15 is 0 Å². The molecule has 0 saturated heterocycles. The monoisotopic (exact) mass is 971 g/mol. The third-order valence-corrected chi connectivity index (χ3v) is 12.7. The second-order valence-corrected chi connectivity index (χ2v) is 18.7. The number of quaternary nitrogens is 1. The summed E-state index contributed by atoms with van der Waals surface area (Å²) in [6, 6.07) is 0. The van der Waals surface area contributed by atoms with Crippen molar-refractivity contribution < 1.29 is 45.0 Å². The van der Waals surface area contributed by atoms with Crippen molar-refractivity contribution in [1.82, 2.24) is 35.0 Å². The van der Waals surface area contributed by atoms with Crippen LogP contribution in [0.2, 0.25) is 0 Å². The van der Waals surface area contributed by atoms with Crippen LogP contribution in [-0.4, -0.2) is 136 Å². The third-order valence-electron chi connectivity index (χ3n) is 12.7. The fourth-order valence-corrected chi connectivity index (χ4v) is 7.99. The minimum atomic E-state index is -0.722. The van der Waals surface area contributed by atoms with Crippen LogP contribution in [0.25, 0.3) is 0 Å². The molecule has 18 heteroatoms. The maximum Gasteiger partial charge on any atom is 0.340 e. The number of ether oxygens (including phenoxy) is 1. The molecule has 0 unspecified atom stereocenters. The van der Waals surface area contributed by atoms with Crippen molar-refractivity contribution in [2.45, 2.75) is 219 Å². The van der Waals surface area contributed by atoms with Gasteiger partial charge in [0, 0.05) is 19.4 Å². The van der Waals surface area contributed by atoms with Crippen molar-refractivity contribution >= 4 is 29.7 Å². The lowest BCUT2D eigenvalue weighted by molar-refractivity contribution is -0.122. The van der Waals surface area contributed by atoms with Crippen LogP contribution in [0.3, 0.4) is 0 Å². The highest BCUT2D eigenvalue weighted by molar-refractivity contribution is 5.76. The highest BCUT2D eigenvalue weighted by Crippen LogP contribution is 2.24. The van der Waals surface area contributed by atoms with E-state index in [1.807, 2.05) is 0 Å². The summed E-state index contributed by atoms with van der Waals surface area (Å²) >= 11 is 0. The van der Waals surface area contributed by atoms with Crippen molar-refractivity contribution in [2.75, 3.05) is 83.4 Å². The summed E-state index contributed by atoms with van der Waals surface area (Å²) in [7, 11) is 0. The van der Waals surface area contributed by atoms with Crippen LogP contribution in [0.4, 0.5) is 17.8 Å². The number of unbranched alkanes of at least 4 members (excludes halogenated alkanes) is 28. The van der Waals surface area contributed by atoms with E-state index in [0.29, 0.717) is 12.8 Å². The van der Waals surface area contributed by atoms with E-state index in [4.69, 9.17) is 4.74 Å². The van der Waals surface area contributed by atoms with Crippen LogP contribution in [0.5, 0.6) is 0 Å². The number of amides is 2. The molecule has 18 nitrogen and oxygen atoms in total. The van der Waals surface area contributed by atoms with Crippen molar-refractivity contribution in [3.8, 4) is 0 Å². The minimum Gasteiger partial charge on any atom is -0.381 e. The molecule has 1 rings (SSSR count). The van der Waals surface area contributed by atoms with Gasteiger partial charge in [-0.15, -0.1) is 9.97 Å². The second kappa shape index (κ2) is 44.2. The molecule has 0 aliphatic rings. The van der Waals surface area contributed by atoms with Gasteiger partial charge in [-0.25, -0.2) is 0 Å². The maximum absolute atomic E-state index is 13.0. The second-order valence-electron chi connectivity index (χ2n) is 18.7. The molecule has 398 valence electrons. The maximum atomic E-state index is 13.0. The van der Waals surface area contributed by atoms with Crippen LogP contribution in [-0.2, 0) is 14.3 Å². The van der Waals surface area contributed by atoms with Crippen LogP contribution in [0, 0.1) is 0 Å². The zero-order valence-corrected chi connectivity index (χ0v) is 42.9. The Morgan fingerprint density at radius 2 is 0.853 bits per heavy atom. The van der Waals surface area contributed by atoms with Crippen LogP contribution in [0.15, 0.2) is 0 Å². The number of aromatic nitrogens is 3. The Kier molecular flexibility index (Phi) is 41.0. The van der Waals surface area contributed by atoms with Crippen LogP contribution in [0.1, 0.15) is 219 Å². The van der Waals surface area contributed by atoms with Gasteiger partial charge < -0.3 is 46.0 Å². The predicted molar refractivity (Wildman–Crippen MR) is 272 cm³/mol. The molecule has 0 saturated carbocycles. The predicted octanol–water partition coefficient (Wildman–Crippen LogP) is 7.44. The standard InChI is InChI=1S/C50H99N9O9/c1-3-5-7-9-11-13-15-17-19-21-23-25-27-29-31-33-46(66)51-37-57(41-62)48-53-49(58(42-63)43-68-36-35-56(39-60)40-61)55-50(54-48)59(44-64,45-65)38-52-47(67)34-32-30-28-26-24-22-20-18-16-14-12-10-8-6-4-2/h60-65H,3-45H2,1-2H3,(H-,51,52,66,67)/p+1. The molecule has 1 aromatic rings. The molecular formula is C50H100N9O9+. The van der Waals surface area contributed by atoms with Gasteiger partial charge in [0.25, 0.3) is 0 Å². The first-order valence-electron chi connectivity index (χ1n) is 26.9. The molecule has 0 fully saturated rings. The van der Waals surface area contributed by atoms with Gasteiger partial charge in [-0.3, -0.25) is 24.3 Å². The minimum absolute atomic E-state index is 0.0647. The summed E-state index contributed by atoms with van der Waals surface area (Å²) < 4.78 is 4.95. The summed E-state index contributed by atoms with van der Waals surface area (Å²) in [5, 5.41) is 66.6. The zero-order valence-electron chi connectivity index (χ0n) is 42.9. The molecule has 0 spiro atoms. The number of aliphatic hydroxyl groups is 6. The smallest absolute Gasteiger partial charge is 0.340 e. The molecule has 8 N–H and O–H groups in total. The number of aliphatic hydroxyl groups excluding tert-OH is 6. The van der Waals surface area contributed by atoms with E-state index in [1.54, 1.807) is 0 Å². The molecule has 68 heavy (non-hydrogen) atoms. The summed E-state index contributed by atoms with van der Waals surface area (Å²) in [5.41, 5.74) is 0. The number of nitrogens with one attached hydrogen (secondary N) is 2. The first kappa shape index (κ1) is 63.2. The van der Waals surface area contributed by atoms with E-state index < -0.39 is 31.4 Å². The summed E-state index contributed by atoms with van der Waals surface area (Å²) in [6.45, 7) is 0.623. The Balaban J connectivity index is 2.79. The number of hydrogen-bond acceptors (Lipinski definition) is 15. The average molecular weight is 971 g/mol. The number of carbonyl (C=O) groups excluding carboxylic acids is 2. The third kappa shape index (κ3) is 30.7. The number of anilines is 2. The zero-order chi connectivity index (χ0) is 49.8. The van der Waals surface area contributed by atoms with Gasteiger partial charge in [0.1, 0.15) is 20.2 Å². The Morgan fingerprint density at radius 3 is 1.22 bits per heavy atom. The Morgan fingerprint density at radius 1 is 0.485 bits per heavy atom. The van der Waals surface area contributed by atoms with Gasteiger partial charge in [-0.1, -0.05) is 194 Å². The fraction of sp³-hybridized carbons (Fsp3) is 0.900. The van der Waals surface area contributed by atoms with E-state index in [2.05, 4.69) is 39.4 Å². The molecule has 1 heterocycles. The molecule has 2 amide bonds. The quantitative estimate of drug-likeness (QED) is 0.0180. The first-order chi connectivity index (χ1) is 33.3. The van der Waals surface area contributed by atoms with Gasteiger partial charge in [0.2, 0.25) is 23.7 Å². The first-order valence-corrected chi connectivity index (χ1v) is 26.9. The lowest BCUT2D eigenvalue weighted by Gasteiger charge is -2.32. The highest BCUT2D eigenvalue weighted by Gasteiger charge is 2.36. The van der Waals surface area contributed by atoms with Gasteiger partial charge in [0.15, 0.2) is 20.1 Å². The number of hydrogen-bond donors (Lipinski definition) is 8. The van der Waals surface area contributed by atoms with E-state index in [-0.39, 0.29) is 82.8 Å². The Labute approximate surface area is 411 Å². The van der Waals surface area contributed by atoms with Gasteiger partial charge in [0.05, 0.1) is 26.7 Å². The fourth-order valence-electron chi connectivity index (χ4n) is 7.99. The average Bonchev–Trinajstić information content (AvgIpc) is 3.35. The largest absolute Gasteiger partial charge is 0.381 e. The number of rotatable bonds is 50. The molecule has 1 aromatic heterocycles. The number of nitrogens with zero attached hydrogens (tertiary/aromatic N) is 7. The van der Waals surface area contributed by atoms with Crippen molar-refractivity contribution in [3.05, 3.63) is 0 Å². The van der Waals surface area contributed by atoms with Crippen molar-refractivity contribution in [2.24, 2.45) is 0 Å². The Bertz CT molecular complexity index is 1330. The van der Waals surface area contributed by atoms with Crippen LogP contribution >= 0.6 is 0 Å². The molecule has 0 atom stereocenters. The molecule has 0 aliphatic carbocycles. The van der Waals surface area contributed by atoms with Crippen molar-refractivity contribution in [1.29, 1.82) is 0 Å². The highest BCUT2D eigenvalue weighted by atomic mass is 16.5. The van der Waals surface area contributed by atoms with Crippen molar-refractivity contribution in [3.63, 3.8) is 0 Å². The SMILES string of the molecule is CCCCCCCCCCCCCCCCCC(=O)NCN(CO)c1nc(N(CO)COCCN(CO)CO)nc([N+](CO)(CO)CNC(=O)CCCCCCCCCCCCCCCCC)n1. The molecule has 0 radical (unpaired) electrons.